The van der Waals surface area contributed by atoms with E-state index >= 15 is 0 Å². The van der Waals surface area contributed by atoms with Crippen LogP contribution in [0.25, 0.3) is 0 Å². The Balaban J connectivity index is 4.43. The summed E-state index contributed by atoms with van der Waals surface area (Å²) in [4.78, 5) is 38.2. The minimum absolute atomic E-state index is 0.0869. The molecule has 0 aromatic rings. The first-order chi connectivity index (χ1) is 34.0. The zero-order valence-corrected chi connectivity index (χ0v) is 45.3. The molecule has 1 unspecified atom stereocenters. The number of hydrogen-bond acceptors (Lipinski definition) is 6. The molecular formula is C63H108O6. The molecule has 0 amide bonds. The summed E-state index contributed by atoms with van der Waals surface area (Å²) in [6.45, 7) is 6.49. The second-order valence-corrected chi connectivity index (χ2v) is 19.2. The third-order valence-corrected chi connectivity index (χ3v) is 12.4. The molecule has 6 heteroatoms. The van der Waals surface area contributed by atoms with Gasteiger partial charge in [0.1, 0.15) is 13.2 Å². The molecular weight excluding hydrogens is 853 g/mol. The summed E-state index contributed by atoms with van der Waals surface area (Å²) >= 11 is 0. The fraction of sp³-hybridized carbons (Fsp3) is 0.730. The minimum atomic E-state index is -0.792. The number of allylic oxidation sites excluding steroid dienone is 14. The van der Waals surface area contributed by atoms with E-state index in [0.717, 1.165) is 103 Å². The van der Waals surface area contributed by atoms with Gasteiger partial charge in [-0.05, 0) is 96.3 Å². The third-order valence-electron chi connectivity index (χ3n) is 12.4. The average molecular weight is 962 g/mol. The van der Waals surface area contributed by atoms with E-state index in [1.165, 1.54) is 135 Å². The van der Waals surface area contributed by atoms with Crippen LogP contribution in [0.2, 0.25) is 0 Å². The molecule has 0 aromatic heterocycles. The maximum Gasteiger partial charge on any atom is 0.306 e. The lowest BCUT2D eigenvalue weighted by Crippen LogP contribution is -2.30. The van der Waals surface area contributed by atoms with E-state index in [9.17, 15) is 14.4 Å². The molecule has 0 radical (unpaired) electrons. The van der Waals surface area contributed by atoms with Crippen LogP contribution in [-0.2, 0) is 28.6 Å². The van der Waals surface area contributed by atoms with Crippen molar-refractivity contribution in [2.75, 3.05) is 13.2 Å². The number of carbonyl (C=O) groups is 3. The standard InChI is InChI=1S/C63H108O6/c1-4-7-10-13-16-19-22-25-27-29-31-33-35-38-41-44-47-50-53-56-62(65)68-59-60(58-67-61(64)55-52-49-46-43-40-37-24-21-18-15-12-9-6-3)69-63(66)57-54-51-48-45-42-39-36-34-32-30-28-26-23-20-17-14-11-8-5-2/h7,10,16-17,19-20,25-28,31,33,38,41,60H,4-6,8-9,11-15,18,21-24,29-30,32,34-37,39-40,42-59H2,1-3H3/b10-7-,19-16-,20-17-,27-25-,28-26-,33-31-,41-38-. The number of rotatable bonds is 52. The topological polar surface area (TPSA) is 78.9 Å². The monoisotopic (exact) mass is 961 g/mol. The Morgan fingerprint density at radius 1 is 0.304 bits per heavy atom. The van der Waals surface area contributed by atoms with Crippen molar-refractivity contribution in [3.63, 3.8) is 0 Å². The Hall–Kier alpha value is -3.41. The molecule has 0 spiro atoms. The normalized spacial score (nSPS) is 12.7. The van der Waals surface area contributed by atoms with Crippen molar-refractivity contribution < 1.29 is 28.6 Å². The van der Waals surface area contributed by atoms with Crippen molar-refractivity contribution in [3.05, 3.63) is 85.1 Å². The summed E-state index contributed by atoms with van der Waals surface area (Å²) in [6, 6.07) is 0. The summed E-state index contributed by atoms with van der Waals surface area (Å²) < 4.78 is 16.9. The number of ether oxygens (including phenoxy) is 3. The smallest absolute Gasteiger partial charge is 0.306 e. The second-order valence-electron chi connectivity index (χ2n) is 19.2. The molecule has 0 fully saturated rings. The molecule has 0 bridgehead atoms. The molecule has 0 N–H and O–H groups in total. The molecule has 0 aliphatic rings. The van der Waals surface area contributed by atoms with Crippen LogP contribution in [0.3, 0.4) is 0 Å². The molecule has 1 atom stereocenters. The predicted octanol–water partition coefficient (Wildman–Crippen LogP) is 19.5. The molecule has 69 heavy (non-hydrogen) atoms. The van der Waals surface area contributed by atoms with Crippen LogP contribution >= 0.6 is 0 Å². The number of carbonyl (C=O) groups excluding carboxylic acids is 3. The number of unbranched alkanes of at least 4 members (excludes halogenated alkanes) is 27. The number of hydrogen-bond donors (Lipinski definition) is 0. The van der Waals surface area contributed by atoms with Gasteiger partial charge in [0.25, 0.3) is 0 Å². The Morgan fingerprint density at radius 2 is 0.565 bits per heavy atom. The summed E-state index contributed by atoms with van der Waals surface area (Å²) in [7, 11) is 0. The Labute approximate surface area is 426 Å². The zero-order chi connectivity index (χ0) is 50.0. The SMILES string of the molecule is CC/C=C\C/C=C\C/C=C\C/C=C\C/C=C\CCCCCC(=O)OCC(COC(=O)CCCCCCCCCCCCCCC)OC(=O)CCCCCCCCCCC/C=C\C/C=C\CCCCC. The highest BCUT2D eigenvalue weighted by atomic mass is 16.6. The van der Waals surface area contributed by atoms with E-state index < -0.39 is 6.10 Å². The van der Waals surface area contributed by atoms with Gasteiger partial charge in [-0.15, -0.1) is 0 Å². The van der Waals surface area contributed by atoms with E-state index in [4.69, 9.17) is 14.2 Å². The van der Waals surface area contributed by atoms with Gasteiger partial charge in [-0.3, -0.25) is 14.4 Å². The van der Waals surface area contributed by atoms with Gasteiger partial charge in [-0.25, -0.2) is 0 Å². The van der Waals surface area contributed by atoms with E-state index in [1.807, 2.05) is 0 Å². The predicted molar refractivity (Wildman–Crippen MR) is 297 cm³/mol. The van der Waals surface area contributed by atoms with Gasteiger partial charge in [-0.2, -0.15) is 0 Å². The zero-order valence-electron chi connectivity index (χ0n) is 45.3. The molecule has 0 rings (SSSR count). The lowest BCUT2D eigenvalue weighted by molar-refractivity contribution is -0.167. The van der Waals surface area contributed by atoms with Crippen LogP contribution < -0.4 is 0 Å². The summed E-state index contributed by atoms with van der Waals surface area (Å²) in [5, 5.41) is 0. The summed E-state index contributed by atoms with van der Waals surface area (Å²) in [6.07, 6.45) is 74.2. The van der Waals surface area contributed by atoms with Crippen molar-refractivity contribution >= 4 is 17.9 Å². The van der Waals surface area contributed by atoms with E-state index in [0.29, 0.717) is 19.3 Å². The van der Waals surface area contributed by atoms with Crippen molar-refractivity contribution in [1.29, 1.82) is 0 Å². The van der Waals surface area contributed by atoms with Gasteiger partial charge in [0, 0.05) is 19.3 Å². The van der Waals surface area contributed by atoms with E-state index in [2.05, 4.69) is 106 Å². The van der Waals surface area contributed by atoms with Gasteiger partial charge in [0.05, 0.1) is 0 Å². The van der Waals surface area contributed by atoms with Gasteiger partial charge >= 0.3 is 17.9 Å². The van der Waals surface area contributed by atoms with Crippen molar-refractivity contribution in [3.8, 4) is 0 Å². The third kappa shape index (κ3) is 55.4. The first-order valence-corrected chi connectivity index (χ1v) is 29.1. The van der Waals surface area contributed by atoms with Crippen LogP contribution in [0.15, 0.2) is 85.1 Å². The van der Waals surface area contributed by atoms with E-state index in [1.54, 1.807) is 0 Å². The average Bonchev–Trinajstić information content (AvgIpc) is 3.35. The van der Waals surface area contributed by atoms with Crippen molar-refractivity contribution in [2.45, 2.75) is 284 Å². The largest absolute Gasteiger partial charge is 0.462 e. The highest BCUT2D eigenvalue weighted by Gasteiger charge is 2.19. The highest BCUT2D eigenvalue weighted by molar-refractivity contribution is 5.71. The van der Waals surface area contributed by atoms with Crippen molar-refractivity contribution in [2.24, 2.45) is 0 Å². The maximum atomic E-state index is 12.9. The molecule has 0 aliphatic carbocycles. The van der Waals surface area contributed by atoms with Crippen LogP contribution in [0.4, 0.5) is 0 Å². The lowest BCUT2D eigenvalue weighted by atomic mass is 10.0. The van der Waals surface area contributed by atoms with Crippen LogP contribution in [0, 0.1) is 0 Å². The van der Waals surface area contributed by atoms with E-state index in [-0.39, 0.29) is 31.1 Å². The molecule has 0 aromatic carbocycles. The van der Waals surface area contributed by atoms with Gasteiger partial charge in [0.2, 0.25) is 0 Å². The Kier molecular flexibility index (Phi) is 54.3. The van der Waals surface area contributed by atoms with Crippen LogP contribution in [-0.4, -0.2) is 37.2 Å². The molecule has 396 valence electrons. The summed E-state index contributed by atoms with van der Waals surface area (Å²) in [5.41, 5.74) is 0. The molecule has 6 nitrogen and oxygen atoms in total. The molecule has 0 saturated carbocycles. The van der Waals surface area contributed by atoms with Crippen LogP contribution in [0.5, 0.6) is 0 Å². The molecule has 0 heterocycles. The first-order valence-electron chi connectivity index (χ1n) is 29.1. The lowest BCUT2D eigenvalue weighted by Gasteiger charge is -2.18. The van der Waals surface area contributed by atoms with Gasteiger partial charge < -0.3 is 14.2 Å². The maximum absolute atomic E-state index is 12.9. The van der Waals surface area contributed by atoms with Gasteiger partial charge in [0.15, 0.2) is 6.10 Å². The fourth-order valence-corrected chi connectivity index (χ4v) is 8.03. The number of esters is 3. The fourth-order valence-electron chi connectivity index (χ4n) is 8.03. The van der Waals surface area contributed by atoms with Crippen LogP contribution in [0.1, 0.15) is 278 Å². The Morgan fingerprint density at radius 3 is 0.928 bits per heavy atom. The molecule has 0 aliphatic heterocycles. The molecule has 0 saturated heterocycles. The van der Waals surface area contributed by atoms with Gasteiger partial charge in [-0.1, -0.05) is 247 Å². The van der Waals surface area contributed by atoms with Crippen molar-refractivity contribution in [1.82, 2.24) is 0 Å². The summed E-state index contributed by atoms with van der Waals surface area (Å²) in [5.74, 6) is -0.917. The minimum Gasteiger partial charge on any atom is -0.462 e. The first kappa shape index (κ1) is 65.6. The highest BCUT2D eigenvalue weighted by Crippen LogP contribution is 2.15. The quantitative estimate of drug-likeness (QED) is 0.0262. The Bertz CT molecular complexity index is 1330. The second kappa shape index (κ2) is 57.2.